The molecule has 5 heteroatoms. The molecule has 0 radical (unpaired) electrons. The highest BCUT2D eigenvalue weighted by atomic mass is 16.5. The number of benzene rings is 3. The molecule has 0 unspecified atom stereocenters. The number of rotatable bonds is 8. The van der Waals surface area contributed by atoms with E-state index in [1.165, 1.54) is 0 Å². The van der Waals surface area contributed by atoms with Crippen LogP contribution in [0, 0.1) is 0 Å². The first kappa shape index (κ1) is 20.1. The Morgan fingerprint density at radius 1 is 0.862 bits per heavy atom. The lowest BCUT2D eigenvalue weighted by Gasteiger charge is -2.19. The molecule has 0 saturated carbocycles. The SMILES string of the molecule is CCOc1ccc(NC(=O)[C@H](Cc2ccccc2)NC(=O)c2ccccc2)cc1. The van der Waals surface area contributed by atoms with Crippen LogP contribution in [0.15, 0.2) is 84.9 Å². The molecule has 0 aliphatic heterocycles. The Morgan fingerprint density at radius 2 is 1.48 bits per heavy atom. The van der Waals surface area contributed by atoms with Gasteiger partial charge in [0.15, 0.2) is 0 Å². The fraction of sp³-hybridized carbons (Fsp3) is 0.167. The predicted octanol–water partition coefficient (Wildman–Crippen LogP) is 4.07. The third-order valence-electron chi connectivity index (χ3n) is 4.37. The van der Waals surface area contributed by atoms with Gasteiger partial charge in [-0.1, -0.05) is 48.5 Å². The monoisotopic (exact) mass is 388 g/mol. The van der Waals surface area contributed by atoms with Gasteiger partial charge >= 0.3 is 0 Å². The molecule has 29 heavy (non-hydrogen) atoms. The normalized spacial score (nSPS) is 11.3. The van der Waals surface area contributed by atoms with Gasteiger partial charge in [0.1, 0.15) is 11.8 Å². The van der Waals surface area contributed by atoms with Gasteiger partial charge in [0, 0.05) is 17.7 Å². The maximum absolute atomic E-state index is 12.9. The van der Waals surface area contributed by atoms with E-state index in [0.717, 1.165) is 11.3 Å². The first-order valence-corrected chi connectivity index (χ1v) is 9.59. The number of carbonyl (C=O) groups is 2. The zero-order valence-corrected chi connectivity index (χ0v) is 16.3. The number of hydrogen-bond donors (Lipinski definition) is 2. The first-order valence-electron chi connectivity index (χ1n) is 9.59. The molecule has 0 saturated heterocycles. The molecule has 0 aliphatic carbocycles. The van der Waals surface area contributed by atoms with Crippen molar-refractivity contribution in [1.82, 2.24) is 5.32 Å². The summed E-state index contributed by atoms with van der Waals surface area (Å²) in [5.41, 5.74) is 2.12. The second-order valence-corrected chi connectivity index (χ2v) is 6.53. The van der Waals surface area contributed by atoms with E-state index < -0.39 is 6.04 Å². The molecule has 2 amide bonds. The molecule has 3 aromatic carbocycles. The van der Waals surface area contributed by atoms with Crippen molar-refractivity contribution < 1.29 is 14.3 Å². The molecule has 0 bridgehead atoms. The number of hydrogen-bond acceptors (Lipinski definition) is 3. The van der Waals surface area contributed by atoms with Gasteiger partial charge in [-0.25, -0.2) is 0 Å². The Morgan fingerprint density at radius 3 is 2.10 bits per heavy atom. The van der Waals surface area contributed by atoms with Crippen LogP contribution in [-0.4, -0.2) is 24.5 Å². The van der Waals surface area contributed by atoms with E-state index in [4.69, 9.17) is 4.74 Å². The Kier molecular flexibility index (Phi) is 7.00. The van der Waals surface area contributed by atoms with Crippen molar-refractivity contribution in [2.75, 3.05) is 11.9 Å². The van der Waals surface area contributed by atoms with Crippen molar-refractivity contribution in [3.8, 4) is 5.75 Å². The number of carbonyl (C=O) groups excluding carboxylic acids is 2. The Labute approximate surface area is 170 Å². The number of anilines is 1. The van der Waals surface area contributed by atoms with Crippen LogP contribution < -0.4 is 15.4 Å². The average Bonchev–Trinajstić information content (AvgIpc) is 2.76. The maximum Gasteiger partial charge on any atom is 0.251 e. The molecule has 5 nitrogen and oxygen atoms in total. The molecular weight excluding hydrogens is 364 g/mol. The highest BCUT2D eigenvalue weighted by molar-refractivity contribution is 6.01. The van der Waals surface area contributed by atoms with Crippen molar-refractivity contribution in [2.45, 2.75) is 19.4 Å². The lowest BCUT2D eigenvalue weighted by Crippen LogP contribution is -2.45. The third-order valence-corrected chi connectivity index (χ3v) is 4.37. The van der Waals surface area contributed by atoms with Crippen LogP contribution in [0.1, 0.15) is 22.8 Å². The van der Waals surface area contributed by atoms with Crippen LogP contribution in [-0.2, 0) is 11.2 Å². The second-order valence-electron chi connectivity index (χ2n) is 6.53. The van der Waals surface area contributed by atoms with Crippen LogP contribution in [0.3, 0.4) is 0 Å². The molecule has 148 valence electrons. The summed E-state index contributed by atoms with van der Waals surface area (Å²) in [5.74, 6) is 0.180. The summed E-state index contributed by atoms with van der Waals surface area (Å²) in [6.45, 7) is 2.50. The van der Waals surface area contributed by atoms with E-state index in [1.54, 1.807) is 48.5 Å². The van der Waals surface area contributed by atoms with Crippen LogP contribution >= 0.6 is 0 Å². The van der Waals surface area contributed by atoms with Gasteiger partial charge in [0.2, 0.25) is 5.91 Å². The minimum Gasteiger partial charge on any atom is -0.494 e. The summed E-state index contributed by atoms with van der Waals surface area (Å²) in [5, 5.41) is 5.74. The summed E-state index contributed by atoms with van der Waals surface area (Å²) < 4.78 is 5.42. The van der Waals surface area contributed by atoms with Crippen LogP contribution in [0.25, 0.3) is 0 Å². The predicted molar refractivity (Wildman–Crippen MR) is 114 cm³/mol. The smallest absolute Gasteiger partial charge is 0.251 e. The van der Waals surface area contributed by atoms with Crippen LogP contribution in [0.5, 0.6) is 5.75 Å². The van der Waals surface area contributed by atoms with Crippen molar-refractivity contribution in [3.05, 3.63) is 96.1 Å². The molecule has 3 rings (SSSR count). The molecule has 2 N–H and O–H groups in total. The van der Waals surface area contributed by atoms with E-state index in [1.807, 2.05) is 43.3 Å². The number of ether oxygens (including phenoxy) is 1. The summed E-state index contributed by atoms with van der Waals surface area (Å²) in [7, 11) is 0. The standard InChI is InChI=1S/C24H24N2O3/c1-2-29-21-15-13-20(14-16-21)25-24(28)22(17-18-9-5-3-6-10-18)26-23(27)19-11-7-4-8-12-19/h3-16,22H,2,17H2,1H3,(H,25,28)(H,26,27)/t22-/m0/s1. The molecule has 0 aliphatic rings. The fourth-order valence-corrected chi connectivity index (χ4v) is 2.92. The van der Waals surface area contributed by atoms with Crippen molar-refractivity contribution >= 4 is 17.5 Å². The van der Waals surface area contributed by atoms with Gasteiger partial charge in [-0.3, -0.25) is 9.59 Å². The summed E-state index contributed by atoms with van der Waals surface area (Å²) in [4.78, 5) is 25.5. The second kappa shape index (κ2) is 10.1. The van der Waals surface area contributed by atoms with E-state index in [-0.39, 0.29) is 11.8 Å². The van der Waals surface area contributed by atoms with Crippen molar-refractivity contribution in [1.29, 1.82) is 0 Å². The third kappa shape index (κ3) is 5.94. The molecule has 1 atom stereocenters. The molecule has 0 aromatic heterocycles. The van der Waals surface area contributed by atoms with Gasteiger partial charge in [-0.2, -0.15) is 0 Å². The quantitative estimate of drug-likeness (QED) is 0.611. The van der Waals surface area contributed by atoms with Crippen LogP contribution in [0.4, 0.5) is 5.69 Å². The lowest BCUT2D eigenvalue weighted by molar-refractivity contribution is -0.118. The molecule has 0 fully saturated rings. The minimum absolute atomic E-state index is 0.276. The van der Waals surface area contributed by atoms with Gasteiger partial charge in [-0.05, 0) is 48.9 Å². The first-order chi connectivity index (χ1) is 14.2. The fourth-order valence-electron chi connectivity index (χ4n) is 2.92. The van der Waals surface area contributed by atoms with E-state index in [0.29, 0.717) is 24.3 Å². The van der Waals surface area contributed by atoms with E-state index in [2.05, 4.69) is 10.6 Å². The largest absolute Gasteiger partial charge is 0.494 e. The number of amides is 2. The van der Waals surface area contributed by atoms with Gasteiger partial charge in [0.05, 0.1) is 6.61 Å². The summed E-state index contributed by atoms with van der Waals surface area (Å²) >= 11 is 0. The zero-order valence-electron chi connectivity index (χ0n) is 16.3. The minimum atomic E-state index is -0.711. The van der Waals surface area contributed by atoms with Gasteiger partial charge in [-0.15, -0.1) is 0 Å². The highest BCUT2D eigenvalue weighted by Crippen LogP contribution is 2.16. The summed E-state index contributed by atoms with van der Waals surface area (Å²) in [6.07, 6.45) is 0.391. The molecular formula is C24H24N2O3. The topological polar surface area (TPSA) is 67.4 Å². The zero-order chi connectivity index (χ0) is 20.5. The van der Waals surface area contributed by atoms with Gasteiger partial charge in [0.25, 0.3) is 5.91 Å². The number of nitrogens with one attached hydrogen (secondary N) is 2. The highest BCUT2D eigenvalue weighted by Gasteiger charge is 2.22. The van der Waals surface area contributed by atoms with Crippen molar-refractivity contribution in [3.63, 3.8) is 0 Å². The van der Waals surface area contributed by atoms with Gasteiger partial charge < -0.3 is 15.4 Å². The Bertz CT molecular complexity index is 925. The molecule has 0 heterocycles. The Balaban J connectivity index is 1.74. The lowest BCUT2D eigenvalue weighted by atomic mass is 10.0. The van der Waals surface area contributed by atoms with Crippen molar-refractivity contribution in [2.24, 2.45) is 0 Å². The molecule has 0 spiro atoms. The van der Waals surface area contributed by atoms with Crippen LogP contribution in [0.2, 0.25) is 0 Å². The molecule has 3 aromatic rings. The van der Waals surface area contributed by atoms with E-state index in [9.17, 15) is 9.59 Å². The van der Waals surface area contributed by atoms with E-state index >= 15 is 0 Å². The average molecular weight is 388 g/mol. The summed E-state index contributed by atoms with van der Waals surface area (Å²) in [6, 6.07) is 24.9. The Hall–Kier alpha value is -3.60. The maximum atomic E-state index is 12.9.